The quantitative estimate of drug-likeness (QED) is 0.626. The summed E-state index contributed by atoms with van der Waals surface area (Å²) in [6, 6.07) is 0. The molecule has 12 heavy (non-hydrogen) atoms. The van der Waals surface area contributed by atoms with E-state index in [0.717, 1.165) is 5.57 Å². The summed E-state index contributed by atoms with van der Waals surface area (Å²) in [5.41, 5.74) is 0.822. The first-order chi connectivity index (χ1) is 5.84. The van der Waals surface area contributed by atoms with Crippen molar-refractivity contribution in [2.75, 3.05) is 19.8 Å². The van der Waals surface area contributed by atoms with E-state index in [0.29, 0.717) is 26.2 Å². The van der Waals surface area contributed by atoms with Crippen LogP contribution in [-0.4, -0.2) is 25.7 Å². The van der Waals surface area contributed by atoms with Gasteiger partial charge in [-0.05, 0) is 0 Å². The van der Waals surface area contributed by atoms with Gasteiger partial charge in [0, 0.05) is 18.5 Å². The third-order valence-corrected chi connectivity index (χ3v) is 1.66. The first-order valence-electron chi connectivity index (χ1n) is 4.00. The van der Waals surface area contributed by atoms with Gasteiger partial charge in [-0.3, -0.25) is 4.79 Å². The van der Waals surface area contributed by atoms with E-state index in [-0.39, 0.29) is 5.91 Å². The second-order valence-corrected chi connectivity index (χ2v) is 2.55. The Morgan fingerprint density at radius 3 is 3.25 bits per heavy atom. The summed E-state index contributed by atoms with van der Waals surface area (Å²) in [7, 11) is 0. The molecule has 1 aliphatic rings. The number of hydrogen-bond donors (Lipinski definition) is 1. The van der Waals surface area contributed by atoms with Crippen molar-refractivity contribution in [3.63, 3.8) is 0 Å². The maximum absolute atomic E-state index is 11.3. The van der Waals surface area contributed by atoms with Crippen molar-refractivity contribution < 1.29 is 9.53 Å². The van der Waals surface area contributed by atoms with Crippen molar-refractivity contribution in [1.82, 2.24) is 5.32 Å². The van der Waals surface area contributed by atoms with Crippen molar-refractivity contribution >= 4 is 5.91 Å². The Morgan fingerprint density at radius 1 is 1.83 bits per heavy atom. The summed E-state index contributed by atoms with van der Waals surface area (Å²) < 4.78 is 5.08. The lowest BCUT2D eigenvalue weighted by Crippen LogP contribution is -2.27. The second kappa shape index (κ2) is 4.72. The van der Waals surface area contributed by atoms with Gasteiger partial charge in [0.2, 0.25) is 5.91 Å². The molecule has 1 rings (SSSR count). The highest BCUT2D eigenvalue weighted by molar-refractivity contribution is 5.93. The second-order valence-electron chi connectivity index (χ2n) is 2.55. The van der Waals surface area contributed by atoms with Crippen molar-refractivity contribution in [3.8, 4) is 0 Å². The Balaban J connectivity index is 2.39. The maximum atomic E-state index is 11.3. The molecule has 0 aromatic rings. The average Bonchev–Trinajstić information content (AvgIpc) is 2.15. The minimum Gasteiger partial charge on any atom is -0.377 e. The van der Waals surface area contributed by atoms with E-state index in [4.69, 9.17) is 4.74 Å². The molecule has 0 saturated carbocycles. The third kappa shape index (κ3) is 2.51. The Kier molecular flexibility index (Phi) is 3.54. The number of carbonyl (C=O) groups excluding carboxylic acids is 1. The molecule has 0 aromatic carbocycles. The number of ether oxygens (including phenoxy) is 1. The fourth-order valence-electron chi connectivity index (χ4n) is 1.01. The lowest BCUT2D eigenvalue weighted by Gasteiger charge is -2.12. The number of nitrogens with one attached hydrogen (secondary N) is 1. The van der Waals surface area contributed by atoms with E-state index in [1.54, 1.807) is 6.08 Å². The van der Waals surface area contributed by atoms with Crippen LogP contribution >= 0.6 is 0 Å². The van der Waals surface area contributed by atoms with E-state index >= 15 is 0 Å². The van der Waals surface area contributed by atoms with Gasteiger partial charge in [-0.15, -0.1) is 6.58 Å². The van der Waals surface area contributed by atoms with Crippen LogP contribution in [0.5, 0.6) is 0 Å². The lowest BCUT2D eigenvalue weighted by atomic mass is 10.1. The van der Waals surface area contributed by atoms with E-state index in [2.05, 4.69) is 11.9 Å². The van der Waals surface area contributed by atoms with Gasteiger partial charge in [0.1, 0.15) is 0 Å². The Labute approximate surface area is 72.1 Å². The first kappa shape index (κ1) is 9.00. The lowest BCUT2D eigenvalue weighted by molar-refractivity contribution is -0.117. The molecule has 0 fully saturated rings. The molecule has 1 amide bonds. The average molecular weight is 167 g/mol. The fraction of sp³-hybridized carbons (Fsp3) is 0.444. The van der Waals surface area contributed by atoms with Crippen molar-refractivity contribution in [3.05, 3.63) is 24.3 Å². The predicted octanol–water partition coefficient (Wildman–Crippen LogP) is 0.635. The van der Waals surface area contributed by atoms with Gasteiger partial charge < -0.3 is 10.1 Å². The van der Waals surface area contributed by atoms with E-state index < -0.39 is 0 Å². The normalized spacial score (nSPS) is 16.5. The zero-order valence-electron chi connectivity index (χ0n) is 7.01. The molecule has 1 N–H and O–H groups in total. The van der Waals surface area contributed by atoms with E-state index in [1.165, 1.54) is 0 Å². The molecule has 3 nitrogen and oxygen atoms in total. The molecule has 3 heteroatoms. The molecule has 0 atom stereocenters. The number of amides is 1. The molecule has 0 saturated heterocycles. The Hall–Kier alpha value is -1.09. The van der Waals surface area contributed by atoms with E-state index in [1.807, 2.05) is 6.08 Å². The van der Waals surface area contributed by atoms with Crippen LogP contribution in [0.1, 0.15) is 6.42 Å². The van der Waals surface area contributed by atoms with Gasteiger partial charge in [0.05, 0.1) is 13.2 Å². The summed E-state index contributed by atoms with van der Waals surface area (Å²) in [6.07, 6.45) is 4.20. The van der Waals surface area contributed by atoms with Crippen LogP contribution in [0, 0.1) is 0 Å². The summed E-state index contributed by atoms with van der Waals surface area (Å²) in [4.78, 5) is 11.3. The monoisotopic (exact) mass is 167 g/mol. The van der Waals surface area contributed by atoms with E-state index in [9.17, 15) is 4.79 Å². The van der Waals surface area contributed by atoms with Crippen LogP contribution in [-0.2, 0) is 9.53 Å². The predicted molar refractivity (Wildman–Crippen MR) is 46.7 cm³/mol. The van der Waals surface area contributed by atoms with Crippen LogP contribution in [0.15, 0.2) is 24.3 Å². The van der Waals surface area contributed by atoms with Crippen molar-refractivity contribution in [2.45, 2.75) is 6.42 Å². The van der Waals surface area contributed by atoms with Crippen molar-refractivity contribution in [2.24, 2.45) is 0 Å². The van der Waals surface area contributed by atoms with Crippen LogP contribution < -0.4 is 5.32 Å². The van der Waals surface area contributed by atoms with Crippen LogP contribution in [0.3, 0.4) is 0 Å². The van der Waals surface area contributed by atoms with Crippen molar-refractivity contribution in [1.29, 1.82) is 0 Å². The molecular formula is C9H13NO2. The molecule has 1 aliphatic heterocycles. The zero-order valence-corrected chi connectivity index (χ0v) is 7.01. The first-order valence-corrected chi connectivity index (χ1v) is 4.00. The fourth-order valence-corrected chi connectivity index (χ4v) is 1.01. The van der Waals surface area contributed by atoms with Gasteiger partial charge in [-0.2, -0.15) is 0 Å². The Morgan fingerprint density at radius 2 is 2.67 bits per heavy atom. The molecular weight excluding hydrogens is 154 g/mol. The standard InChI is InChI=1S/C9H13NO2/c1-2-5-10-9(11)8-3-6-12-7-4-8/h2-3H,1,4-7H2,(H,10,11). The molecule has 0 bridgehead atoms. The summed E-state index contributed by atoms with van der Waals surface area (Å²) in [5, 5.41) is 2.72. The van der Waals surface area contributed by atoms with Crippen LogP contribution in [0.4, 0.5) is 0 Å². The molecule has 1 heterocycles. The molecule has 0 aliphatic carbocycles. The van der Waals surface area contributed by atoms with Gasteiger partial charge in [-0.1, -0.05) is 12.2 Å². The van der Waals surface area contributed by atoms with Gasteiger partial charge in [0.15, 0.2) is 0 Å². The van der Waals surface area contributed by atoms with Gasteiger partial charge in [-0.25, -0.2) is 0 Å². The smallest absolute Gasteiger partial charge is 0.247 e. The molecule has 0 unspecified atom stereocenters. The van der Waals surface area contributed by atoms with Crippen LogP contribution in [0.25, 0.3) is 0 Å². The SMILES string of the molecule is C=CCNC(=O)C1=CCOCC1. The van der Waals surface area contributed by atoms with Gasteiger partial charge in [0.25, 0.3) is 0 Å². The highest BCUT2D eigenvalue weighted by Gasteiger charge is 2.10. The minimum atomic E-state index is -0.00167. The maximum Gasteiger partial charge on any atom is 0.247 e. The van der Waals surface area contributed by atoms with Gasteiger partial charge >= 0.3 is 0 Å². The summed E-state index contributed by atoms with van der Waals surface area (Å²) in [5.74, 6) is -0.00167. The molecule has 66 valence electrons. The number of rotatable bonds is 3. The van der Waals surface area contributed by atoms with Crippen LogP contribution in [0.2, 0.25) is 0 Å². The highest BCUT2D eigenvalue weighted by Crippen LogP contribution is 2.06. The molecule has 0 aromatic heterocycles. The minimum absolute atomic E-state index is 0.00167. The molecule has 0 radical (unpaired) electrons. The molecule has 0 spiro atoms. The summed E-state index contributed by atoms with van der Waals surface area (Å²) >= 11 is 0. The largest absolute Gasteiger partial charge is 0.377 e. The zero-order chi connectivity index (χ0) is 8.81. The topological polar surface area (TPSA) is 38.3 Å². The number of hydrogen-bond acceptors (Lipinski definition) is 2. The summed E-state index contributed by atoms with van der Waals surface area (Å²) in [6.45, 7) is 5.24. The number of carbonyl (C=O) groups is 1. The third-order valence-electron chi connectivity index (χ3n) is 1.66. The Bertz CT molecular complexity index is 209. The highest BCUT2D eigenvalue weighted by atomic mass is 16.5.